The van der Waals surface area contributed by atoms with Crippen LogP contribution in [0.5, 0.6) is 0 Å². The minimum absolute atomic E-state index is 0.326. The summed E-state index contributed by atoms with van der Waals surface area (Å²) in [5, 5.41) is 0. The van der Waals surface area contributed by atoms with Gasteiger partial charge in [-0.3, -0.25) is 4.79 Å². The van der Waals surface area contributed by atoms with E-state index >= 15 is 0 Å². The minimum Gasteiger partial charge on any atom is -0.300 e. The third-order valence-electron chi connectivity index (χ3n) is 3.64. The molecule has 1 aliphatic rings. The van der Waals surface area contributed by atoms with Gasteiger partial charge in [0.1, 0.15) is 5.78 Å². The van der Waals surface area contributed by atoms with Crippen LogP contribution in [0.25, 0.3) is 0 Å². The molecule has 0 amide bonds. The highest BCUT2D eigenvalue weighted by molar-refractivity contribution is 9.10. The van der Waals surface area contributed by atoms with Crippen LogP contribution in [0.4, 0.5) is 0 Å². The van der Waals surface area contributed by atoms with Crippen molar-refractivity contribution in [2.45, 2.75) is 38.5 Å². The molecule has 1 aromatic carbocycles. The van der Waals surface area contributed by atoms with Gasteiger partial charge in [-0.2, -0.15) is 0 Å². The van der Waals surface area contributed by atoms with Crippen molar-refractivity contribution in [1.82, 2.24) is 0 Å². The van der Waals surface area contributed by atoms with Gasteiger partial charge in [0.2, 0.25) is 0 Å². The molecule has 1 saturated carbocycles. The van der Waals surface area contributed by atoms with Crippen LogP contribution in [0.3, 0.4) is 0 Å². The van der Waals surface area contributed by atoms with Crippen LogP contribution in [0.2, 0.25) is 0 Å². The summed E-state index contributed by atoms with van der Waals surface area (Å²) < 4.78 is 1.13. The van der Waals surface area contributed by atoms with Gasteiger partial charge in [0.15, 0.2) is 0 Å². The molecule has 16 heavy (non-hydrogen) atoms. The first-order valence-corrected chi connectivity index (χ1v) is 6.72. The number of halogens is 1. The normalized spacial score (nSPS) is 25.4. The molecule has 1 aromatic rings. The molecule has 0 unspecified atom stereocenters. The van der Waals surface area contributed by atoms with E-state index in [1.165, 1.54) is 5.56 Å². The molecule has 86 valence electrons. The second-order valence-corrected chi connectivity index (χ2v) is 5.63. The molecular formula is C14H17BrO. The third kappa shape index (κ3) is 2.73. The Morgan fingerprint density at radius 1 is 1.12 bits per heavy atom. The smallest absolute Gasteiger partial charge is 0.132 e. The summed E-state index contributed by atoms with van der Waals surface area (Å²) in [4.78, 5) is 11.3. The maximum absolute atomic E-state index is 11.3. The largest absolute Gasteiger partial charge is 0.300 e. The van der Waals surface area contributed by atoms with Crippen molar-refractivity contribution in [3.05, 3.63) is 34.3 Å². The molecule has 1 fully saturated rings. The predicted octanol–water partition coefficient (Wildman–Crippen LogP) is 4.31. The van der Waals surface area contributed by atoms with E-state index in [-0.39, 0.29) is 0 Å². The Labute approximate surface area is 105 Å². The molecule has 0 heterocycles. The lowest BCUT2D eigenvalue weighted by molar-refractivity contribution is -0.121. The molecule has 2 heteroatoms. The van der Waals surface area contributed by atoms with E-state index in [0.29, 0.717) is 17.6 Å². The first-order valence-electron chi connectivity index (χ1n) is 5.92. The third-order valence-corrected chi connectivity index (χ3v) is 4.17. The van der Waals surface area contributed by atoms with Gasteiger partial charge in [-0.25, -0.2) is 0 Å². The zero-order valence-electron chi connectivity index (χ0n) is 9.58. The van der Waals surface area contributed by atoms with Crippen LogP contribution >= 0.6 is 15.9 Å². The summed E-state index contributed by atoms with van der Waals surface area (Å²) in [5.41, 5.74) is 1.42. The fourth-order valence-corrected chi connectivity index (χ4v) is 2.83. The lowest BCUT2D eigenvalue weighted by Gasteiger charge is -2.27. The van der Waals surface area contributed by atoms with Gasteiger partial charge < -0.3 is 0 Å². The van der Waals surface area contributed by atoms with Crippen molar-refractivity contribution in [3.63, 3.8) is 0 Å². The molecule has 0 aromatic heterocycles. The molecule has 0 spiro atoms. The Hall–Kier alpha value is -0.630. The predicted molar refractivity (Wildman–Crippen MR) is 69.5 cm³/mol. The van der Waals surface area contributed by atoms with Crippen molar-refractivity contribution in [3.8, 4) is 0 Å². The monoisotopic (exact) mass is 280 g/mol. The van der Waals surface area contributed by atoms with E-state index in [9.17, 15) is 4.79 Å². The van der Waals surface area contributed by atoms with E-state index in [1.807, 2.05) is 0 Å². The Morgan fingerprint density at radius 2 is 1.69 bits per heavy atom. The highest BCUT2D eigenvalue weighted by Gasteiger charge is 2.24. The first kappa shape index (κ1) is 11.8. The topological polar surface area (TPSA) is 17.1 Å². The van der Waals surface area contributed by atoms with E-state index < -0.39 is 0 Å². The van der Waals surface area contributed by atoms with Crippen molar-refractivity contribution in [2.75, 3.05) is 0 Å². The van der Waals surface area contributed by atoms with Crippen LogP contribution in [-0.2, 0) is 4.79 Å². The Balaban J connectivity index is 1.99. The molecule has 1 nitrogen and oxygen atoms in total. The number of hydrogen-bond acceptors (Lipinski definition) is 1. The summed E-state index contributed by atoms with van der Waals surface area (Å²) in [6.07, 6.45) is 4.45. The average Bonchev–Trinajstić information content (AvgIpc) is 2.30. The number of ketones is 1. The molecule has 0 saturated heterocycles. The van der Waals surface area contributed by atoms with E-state index in [4.69, 9.17) is 0 Å². The number of Topliss-reactive ketones (excluding diaryl/α,β-unsaturated/α-hetero) is 1. The molecule has 1 aliphatic carbocycles. The summed E-state index contributed by atoms with van der Waals surface area (Å²) in [5.74, 6) is 1.35. The van der Waals surface area contributed by atoms with Crippen molar-refractivity contribution >= 4 is 21.7 Å². The summed E-state index contributed by atoms with van der Waals surface area (Å²) in [6.45, 7) is 1.73. The summed E-state index contributed by atoms with van der Waals surface area (Å²) in [7, 11) is 0. The number of carbonyl (C=O) groups is 1. The van der Waals surface area contributed by atoms with Crippen LogP contribution in [0, 0.1) is 5.92 Å². The number of benzene rings is 1. The lowest BCUT2D eigenvalue weighted by atomic mass is 9.77. The van der Waals surface area contributed by atoms with E-state index in [0.717, 1.165) is 30.2 Å². The van der Waals surface area contributed by atoms with Gasteiger partial charge in [0, 0.05) is 10.4 Å². The van der Waals surface area contributed by atoms with Gasteiger partial charge in [-0.05, 0) is 56.2 Å². The van der Waals surface area contributed by atoms with E-state index in [1.54, 1.807) is 6.92 Å². The Bertz CT molecular complexity index is 361. The van der Waals surface area contributed by atoms with Crippen molar-refractivity contribution in [1.29, 1.82) is 0 Å². The van der Waals surface area contributed by atoms with Crippen LogP contribution in [-0.4, -0.2) is 5.78 Å². The number of carbonyl (C=O) groups excluding carboxylic acids is 1. The van der Waals surface area contributed by atoms with Crippen molar-refractivity contribution < 1.29 is 4.79 Å². The summed E-state index contributed by atoms with van der Waals surface area (Å²) >= 11 is 3.45. The quantitative estimate of drug-likeness (QED) is 0.789. The maximum atomic E-state index is 11.3. The molecule has 0 N–H and O–H groups in total. The standard InChI is InChI=1S/C14H17BrO/c1-10(16)11-2-4-12(5-3-11)13-6-8-14(15)9-7-13/h6-9,11-12H,2-5H2,1H3. The fourth-order valence-electron chi connectivity index (χ4n) is 2.57. The van der Waals surface area contributed by atoms with Gasteiger partial charge in [-0.1, -0.05) is 28.1 Å². The minimum atomic E-state index is 0.326. The fraction of sp³-hybridized carbons (Fsp3) is 0.500. The SMILES string of the molecule is CC(=O)C1CCC(c2ccc(Br)cc2)CC1. The average molecular weight is 281 g/mol. The van der Waals surface area contributed by atoms with Gasteiger partial charge in [0.25, 0.3) is 0 Å². The van der Waals surface area contributed by atoms with E-state index in [2.05, 4.69) is 40.2 Å². The zero-order chi connectivity index (χ0) is 11.5. The van der Waals surface area contributed by atoms with Crippen molar-refractivity contribution in [2.24, 2.45) is 5.92 Å². The molecule has 0 radical (unpaired) electrons. The second kappa shape index (κ2) is 5.13. The first-order chi connectivity index (χ1) is 7.66. The van der Waals surface area contributed by atoms with Gasteiger partial charge in [0.05, 0.1) is 0 Å². The second-order valence-electron chi connectivity index (χ2n) is 4.71. The molecule has 0 atom stereocenters. The molecule has 0 aliphatic heterocycles. The van der Waals surface area contributed by atoms with Gasteiger partial charge in [-0.15, -0.1) is 0 Å². The molecule has 2 rings (SSSR count). The highest BCUT2D eigenvalue weighted by atomic mass is 79.9. The highest BCUT2D eigenvalue weighted by Crippen LogP contribution is 2.36. The Kier molecular flexibility index (Phi) is 3.80. The zero-order valence-corrected chi connectivity index (χ0v) is 11.2. The van der Waals surface area contributed by atoms with Crippen LogP contribution in [0.1, 0.15) is 44.1 Å². The van der Waals surface area contributed by atoms with Crippen LogP contribution in [0.15, 0.2) is 28.7 Å². The Morgan fingerprint density at radius 3 is 2.19 bits per heavy atom. The molecule has 0 bridgehead atoms. The van der Waals surface area contributed by atoms with Gasteiger partial charge >= 0.3 is 0 Å². The number of hydrogen-bond donors (Lipinski definition) is 0. The number of rotatable bonds is 2. The molecular weight excluding hydrogens is 264 g/mol. The van der Waals surface area contributed by atoms with Crippen LogP contribution < -0.4 is 0 Å². The maximum Gasteiger partial charge on any atom is 0.132 e. The lowest BCUT2D eigenvalue weighted by Crippen LogP contribution is -2.18. The summed E-state index contributed by atoms with van der Waals surface area (Å²) in [6, 6.07) is 8.60.